The van der Waals surface area contributed by atoms with Crippen molar-refractivity contribution in [1.82, 2.24) is 0 Å². The number of rotatable bonds is 4. The maximum Gasteiger partial charge on any atom is 0.124 e. The summed E-state index contributed by atoms with van der Waals surface area (Å²) in [4.78, 5) is 0. The summed E-state index contributed by atoms with van der Waals surface area (Å²) >= 11 is 13.2. The molecule has 0 radical (unpaired) electrons. The van der Waals surface area contributed by atoms with Crippen molar-refractivity contribution >= 4 is 43.5 Å². The van der Waals surface area contributed by atoms with Crippen molar-refractivity contribution in [3.63, 3.8) is 0 Å². The molecule has 0 heterocycles. The lowest BCUT2D eigenvalue weighted by Crippen LogP contribution is -1.97. The average molecular weight is 423 g/mol. The van der Waals surface area contributed by atoms with Gasteiger partial charge in [-0.25, -0.2) is 4.39 Å². The number of ether oxygens (including phenoxy) is 1. The second-order valence-electron chi connectivity index (χ2n) is 4.18. The molecule has 1 unspecified atom stereocenters. The Kier molecular flexibility index (Phi) is 5.47. The van der Waals surface area contributed by atoms with Crippen LogP contribution in [0.15, 0.2) is 45.3 Å². The van der Waals surface area contributed by atoms with Gasteiger partial charge in [0.2, 0.25) is 0 Å². The highest BCUT2D eigenvalue weighted by molar-refractivity contribution is 9.10. The van der Waals surface area contributed by atoms with Crippen LogP contribution >= 0.6 is 43.5 Å². The Labute approximate surface area is 139 Å². The predicted octanol–water partition coefficient (Wildman–Crippen LogP) is 6.08. The lowest BCUT2D eigenvalue weighted by atomic mass is 10.0. The van der Waals surface area contributed by atoms with Crippen LogP contribution < -0.4 is 4.74 Å². The Morgan fingerprint density at radius 2 is 1.95 bits per heavy atom. The number of halogens is 4. The fourth-order valence-corrected chi connectivity index (χ4v) is 3.39. The Morgan fingerprint density at radius 3 is 2.55 bits per heavy atom. The molecule has 0 fully saturated rings. The van der Waals surface area contributed by atoms with E-state index in [-0.39, 0.29) is 5.82 Å². The fraction of sp³-hybridized carbons (Fsp3) is 0.200. The Morgan fingerprint density at radius 1 is 1.20 bits per heavy atom. The highest BCUT2D eigenvalue weighted by atomic mass is 79.9. The Balaban J connectivity index is 2.35. The van der Waals surface area contributed by atoms with Crippen molar-refractivity contribution in [2.45, 2.75) is 12.3 Å². The topological polar surface area (TPSA) is 9.23 Å². The van der Waals surface area contributed by atoms with Crippen molar-refractivity contribution < 1.29 is 9.13 Å². The Bertz CT molecular complexity index is 599. The summed E-state index contributed by atoms with van der Waals surface area (Å²) in [6, 6.07) is 10.2. The molecule has 0 saturated heterocycles. The van der Waals surface area contributed by atoms with E-state index in [1.165, 1.54) is 12.1 Å². The monoisotopic (exact) mass is 420 g/mol. The van der Waals surface area contributed by atoms with Gasteiger partial charge in [0, 0.05) is 8.95 Å². The first kappa shape index (κ1) is 15.8. The molecule has 20 heavy (non-hydrogen) atoms. The van der Waals surface area contributed by atoms with Crippen LogP contribution in [0.3, 0.4) is 0 Å². The van der Waals surface area contributed by atoms with E-state index in [1.54, 1.807) is 0 Å². The molecular formula is C15H12Br2ClFO. The zero-order chi connectivity index (χ0) is 14.7. The van der Waals surface area contributed by atoms with Gasteiger partial charge in [-0.2, -0.15) is 0 Å². The lowest BCUT2D eigenvalue weighted by molar-refractivity contribution is 0.340. The predicted molar refractivity (Wildman–Crippen MR) is 87.1 cm³/mol. The van der Waals surface area contributed by atoms with E-state index in [1.807, 2.05) is 31.2 Å². The quantitative estimate of drug-likeness (QED) is 0.543. The normalized spacial score (nSPS) is 12.2. The standard InChI is InChI=1S/C15H12Br2ClFO/c1-2-20-12-3-4-13(14(17)8-12)15(18)9-5-10(16)7-11(19)6-9/h3-8,15H,2H2,1H3. The van der Waals surface area contributed by atoms with Crippen molar-refractivity contribution in [3.05, 3.63) is 62.3 Å². The zero-order valence-electron chi connectivity index (χ0n) is 10.7. The SMILES string of the molecule is CCOc1ccc(C(Cl)c2cc(F)cc(Br)c2)c(Br)c1. The molecule has 2 aromatic carbocycles. The van der Waals surface area contributed by atoms with Gasteiger partial charge in [0.25, 0.3) is 0 Å². The molecule has 2 aromatic rings. The molecule has 5 heteroatoms. The fourth-order valence-electron chi connectivity index (χ4n) is 1.87. The van der Waals surface area contributed by atoms with E-state index in [9.17, 15) is 4.39 Å². The molecule has 0 aliphatic carbocycles. The molecule has 0 amide bonds. The summed E-state index contributed by atoms with van der Waals surface area (Å²) < 4.78 is 20.4. The molecule has 0 aliphatic heterocycles. The smallest absolute Gasteiger partial charge is 0.124 e. The first-order chi connectivity index (χ1) is 9.51. The van der Waals surface area contributed by atoms with E-state index in [4.69, 9.17) is 16.3 Å². The van der Waals surface area contributed by atoms with Crippen molar-refractivity contribution in [3.8, 4) is 5.75 Å². The molecule has 1 atom stereocenters. The van der Waals surface area contributed by atoms with E-state index in [0.717, 1.165) is 15.8 Å². The summed E-state index contributed by atoms with van der Waals surface area (Å²) in [5.41, 5.74) is 1.57. The largest absolute Gasteiger partial charge is 0.494 e. The molecule has 106 valence electrons. The van der Waals surface area contributed by atoms with E-state index >= 15 is 0 Å². The van der Waals surface area contributed by atoms with Crippen LogP contribution in [0.25, 0.3) is 0 Å². The molecule has 0 N–H and O–H groups in total. The van der Waals surface area contributed by atoms with E-state index in [2.05, 4.69) is 31.9 Å². The minimum Gasteiger partial charge on any atom is -0.494 e. The maximum atomic E-state index is 13.4. The van der Waals surface area contributed by atoms with Gasteiger partial charge in [0.1, 0.15) is 11.6 Å². The van der Waals surface area contributed by atoms with Crippen LogP contribution in [0.4, 0.5) is 4.39 Å². The third kappa shape index (κ3) is 3.74. The molecule has 0 bridgehead atoms. The summed E-state index contributed by atoms with van der Waals surface area (Å²) in [7, 11) is 0. The van der Waals surface area contributed by atoms with Gasteiger partial charge in [-0.05, 0) is 48.4 Å². The first-order valence-electron chi connectivity index (χ1n) is 6.03. The number of hydrogen-bond donors (Lipinski definition) is 0. The van der Waals surface area contributed by atoms with E-state index < -0.39 is 5.38 Å². The second kappa shape index (κ2) is 6.92. The highest BCUT2D eigenvalue weighted by Gasteiger charge is 2.16. The van der Waals surface area contributed by atoms with Gasteiger partial charge in [-0.1, -0.05) is 37.9 Å². The molecule has 2 rings (SSSR count). The molecule has 0 spiro atoms. The van der Waals surface area contributed by atoms with Crippen LogP contribution in [0.5, 0.6) is 5.75 Å². The Hall–Kier alpha value is -0.580. The molecule has 1 nitrogen and oxygen atoms in total. The van der Waals surface area contributed by atoms with Gasteiger partial charge in [0.15, 0.2) is 0 Å². The van der Waals surface area contributed by atoms with Crippen molar-refractivity contribution in [2.75, 3.05) is 6.61 Å². The van der Waals surface area contributed by atoms with Gasteiger partial charge >= 0.3 is 0 Å². The minimum absolute atomic E-state index is 0.318. The maximum absolute atomic E-state index is 13.4. The highest BCUT2D eigenvalue weighted by Crippen LogP contribution is 2.36. The zero-order valence-corrected chi connectivity index (χ0v) is 14.6. The third-order valence-electron chi connectivity index (χ3n) is 2.73. The van der Waals surface area contributed by atoms with Gasteiger partial charge in [-0.3, -0.25) is 0 Å². The minimum atomic E-state index is -0.438. The summed E-state index contributed by atoms with van der Waals surface area (Å²) in [5.74, 6) is 0.453. The van der Waals surface area contributed by atoms with E-state index in [0.29, 0.717) is 16.6 Å². The lowest BCUT2D eigenvalue weighted by Gasteiger charge is -2.14. The second-order valence-corrected chi connectivity index (χ2v) is 6.39. The number of hydrogen-bond acceptors (Lipinski definition) is 1. The molecular weight excluding hydrogens is 410 g/mol. The molecule has 0 aliphatic rings. The van der Waals surface area contributed by atoms with Gasteiger partial charge in [-0.15, -0.1) is 11.6 Å². The van der Waals surface area contributed by atoms with Crippen molar-refractivity contribution in [1.29, 1.82) is 0 Å². The van der Waals surface area contributed by atoms with Crippen LogP contribution in [0.2, 0.25) is 0 Å². The van der Waals surface area contributed by atoms with Crippen LogP contribution in [-0.4, -0.2) is 6.61 Å². The van der Waals surface area contributed by atoms with Crippen LogP contribution in [0, 0.1) is 5.82 Å². The number of benzene rings is 2. The van der Waals surface area contributed by atoms with Crippen LogP contribution in [-0.2, 0) is 0 Å². The average Bonchev–Trinajstić information content (AvgIpc) is 2.37. The van der Waals surface area contributed by atoms with Gasteiger partial charge in [0.05, 0.1) is 12.0 Å². The summed E-state index contributed by atoms with van der Waals surface area (Å²) in [5, 5.41) is -0.438. The number of alkyl halides is 1. The third-order valence-corrected chi connectivity index (χ3v) is 4.37. The van der Waals surface area contributed by atoms with Gasteiger partial charge < -0.3 is 4.74 Å². The summed E-state index contributed by atoms with van der Waals surface area (Å²) in [6.07, 6.45) is 0. The first-order valence-corrected chi connectivity index (χ1v) is 8.05. The summed E-state index contributed by atoms with van der Waals surface area (Å²) in [6.45, 7) is 2.53. The van der Waals surface area contributed by atoms with Crippen LogP contribution in [0.1, 0.15) is 23.4 Å². The van der Waals surface area contributed by atoms with Crippen molar-refractivity contribution in [2.24, 2.45) is 0 Å². The molecule has 0 saturated carbocycles. The molecule has 0 aromatic heterocycles.